The summed E-state index contributed by atoms with van der Waals surface area (Å²) in [4.78, 5) is 12.5. The topological polar surface area (TPSA) is 51.2 Å². The van der Waals surface area contributed by atoms with E-state index in [1.54, 1.807) is 18.2 Å². The van der Waals surface area contributed by atoms with Crippen molar-refractivity contribution >= 4 is 43.2 Å². The second-order valence-electron chi connectivity index (χ2n) is 5.30. The first-order chi connectivity index (χ1) is 9.29. The first-order valence-electron chi connectivity index (χ1n) is 6.47. The van der Waals surface area contributed by atoms with E-state index in [2.05, 4.69) is 15.9 Å². The van der Waals surface area contributed by atoms with Gasteiger partial charge >= 0.3 is 0 Å². The van der Waals surface area contributed by atoms with Crippen molar-refractivity contribution in [3.8, 4) is 0 Å². The van der Waals surface area contributed by atoms with E-state index in [4.69, 9.17) is 11.6 Å². The Morgan fingerprint density at radius 1 is 1.35 bits per heavy atom. The summed E-state index contributed by atoms with van der Waals surface area (Å²) in [5, 5.41) is 0.00489. The van der Waals surface area contributed by atoms with Crippen molar-refractivity contribution in [2.75, 3.05) is 6.26 Å². The average molecular weight is 380 g/mol. The summed E-state index contributed by atoms with van der Waals surface area (Å²) >= 11 is 9.40. The third-order valence-corrected chi connectivity index (χ3v) is 6.24. The highest BCUT2D eigenvalue weighted by Crippen LogP contribution is 2.33. The fourth-order valence-electron chi connectivity index (χ4n) is 2.68. The smallest absolute Gasteiger partial charge is 0.167 e. The van der Waals surface area contributed by atoms with E-state index < -0.39 is 15.1 Å². The van der Waals surface area contributed by atoms with Gasteiger partial charge in [0.15, 0.2) is 5.78 Å². The number of halogens is 2. The van der Waals surface area contributed by atoms with Crippen molar-refractivity contribution in [3.05, 3.63) is 33.3 Å². The normalized spacial score (nSPS) is 23.6. The lowest BCUT2D eigenvalue weighted by molar-refractivity contribution is 0.0891. The van der Waals surface area contributed by atoms with Crippen LogP contribution in [-0.4, -0.2) is 25.7 Å². The maximum atomic E-state index is 12.5. The van der Waals surface area contributed by atoms with Crippen molar-refractivity contribution in [3.63, 3.8) is 0 Å². The summed E-state index contributed by atoms with van der Waals surface area (Å²) in [5.74, 6) is -0.294. The summed E-state index contributed by atoms with van der Waals surface area (Å²) < 4.78 is 24.1. The highest BCUT2D eigenvalue weighted by Gasteiger charge is 2.33. The van der Waals surface area contributed by atoms with Gasteiger partial charge in [-0.05, 0) is 37.5 Å². The van der Waals surface area contributed by atoms with Gasteiger partial charge in [-0.25, -0.2) is 8.42 Å². The Balaban J connectivity index is 2.21. The van der Waals surface area contributed by atoms with Crippen LogP contribution in [0, 0.1) is 5.92 Å². The molecule has 0 radical (unpaired) electrons. The Morgan fingerprint density at radius 2 is 2.05 bits per heavy atom. The standard InChI is InChI=1S/C14H16BrClO3S/c1-20(18,19)11-4-2-3-9(7-11)14(17)12-6-5-10(15)8-13(12)16/h5-6,8-9,11H,2-4,7H2,1H3. The van der Waals surface area contributed by atoms with Crippen LogP contribution in [0.1, 0.15) is 36.0 Å². The van der Waals surface area contributed by atoms with E-state index in [1.807, 2.05) is 0 Å². The van der Waals surface area contributed by atoms with Gasteiger partial charge in [0.2, 0.25) is 0 Å². The summed E-state index contributed by atoms with van der Waals surface area (Å²) in [7, 11) is -3.08. The number of sulfone groups is 1. The van der Waals surface area contributed by atoms with Crippen LogP contribution < -0.4 is 0 Å². The Kier molecular flexibility index (Phi) is 4.92. The monoisotopic (exact) mass is 378 g/mol. The maximum absolute atomic E-state index is 12.5. The molecular formula is C14H16BrClO3S. The van der Waals surface area contributed by atoms with Crippen molar-refractivity contribution in [1.29, 1.82) is 0 Å². The Bertz CT molecular complexity index is 627. The third kappa shape index (κ3) is 3.62. The quantitative estimate of drug-likeness (QED) is 0.749. The highest BCUT2D eigenvalue weighted by atomic mass is 79.9. The Labute approximate surface area is 132 Å². The van der Waals surface area contributed by atoms with Crippen LogP contribution in [0.4, 0.5) is 0 Å². The number of carbonyl (C=O) groups is 1. The number of hydrogen-bond donors (Lipinski definition) is 0. The molecule has 1 aromatic rings. The van der Waals surface area contributed by atoms with Gasteiger partial charge < -0.3 is 0 Å². The molecule has 0 N–H and O–H groups in total. The summed E-state index contributed by atoms with van der Waals surface area (Å²) in [6.07, 6.45) is 3.80. The van der Waals surface area contributed by atoms with E-state index in [9.17, 15) is 13.2 Å². The number of hydrogen-bond acceptors (Lipinski definition) is 3. The molecule has 1 saturated carbocycles. The largest absolute Gasteiger partial charge is 0.294 e. The average Bonchev–Trinajstić information content (AvgIpc) is 2.37. The molecule has 0 spiro atoms. The second kappa shape index (κ2) is 6.16. The molecule has 0 amide bonds. The molecule has 0 bridgehead atoms. The molecule has 0 aromatic heterocycles. The lowest BCUT2D eigenvalue weighted by Gasteiger charge is -2.27. The third-order valence-electron chi connectivity index (χ3n) is 3.80. The fraction of sp³-hybridized carbons (Fsp3) is 0.500. The van der Waals surface area contributed by atoms with Crippen molar-refractivity contribution in [1.82, 2.24) is 0 Å². The molecular weight excluding hydrogens is 364 g/mol. The van der Waals surface area contributed by atoms with Gasteiger partial charge in [-0.15, -0.1) is 0 Å². The zero-order valence-electron chi connectivity index (χ0n) is 11.1. The van der Waals surface area contributed by atoms with Crippen LogP contribution in [0.3, 0.4) is 0 Å². The summed E-state index contributed by atoms with van der Waals surface area (Å²) in [6, 6.07) is 5.15. The summed E-state index contributed by atoms with van der Waals surface area (Å²) in [6.45, 7) is 0. The molecule has 6 heteroatoms. The van der Waals surface area contributed by atoms with Gasteiger partial charge in [-0.3, -0.25) is 4.79 Å². The van der Waals surface area contributed by atoms with E-state index in [1.165, 1.54) is 6.26 Å². The molecule has 1 aliphatic rings. The molecule has 110 valence electrons. The molecule has 2 rings (SSSR count). The van der Waals surface area contributed by atoms with Gasteiger partial charge in [-0.1, -0.05) is 34.0 Å². The predicted molar refractivity (Wildman–Crippen MR) is 84.1 cm³/mol. The lowest BCUT2D eigenvalue weighted by Crippen LogP contribution is -2.31. The Hall–Kier alpha value is -0.390. The minimum absolute atomic E-state index is 0.0455. The minimum atomic E-state index is -3.08. The second-order valence-corrected chi connectivity index (χ2v) is 8.95. The molecule has 0 aliphatic heterocycles. The van der Waals surface area contributed by atoms with Gasteiger partial charge in [0.1, 0.15) is 9.84 Å². The molecule has 1 fully saturated rings. The van der Waals surface area contributed by atoms with Crippen LogP contribution >= 0.6 is 27.5 Å². The lowest BCUT2D eigenvalue weighted by atomic mass is 9.83. The summed E-state index contributed by atoms with van der Waals surface area (Å²) in [5.41, 5.74) is 0.481. The van der Waals surface area contributed by atoms with Crippen molar-refractivity contribution in [2.45, 2.75) is 30.9 Å². The number of rotatable bonds is 3. The molecule has 1 aliphatic carbocycles. The molecule has 0 heterocycles. The number of ketones is 1. The molecule has 20 heavy (non-hydrogen) atoms. The molecule has 0 saturated heterocycles. The van der Waals surface area contributed by atoms with E-state index >= 15 is 0 Å². The first kappa shape index (κ1) is 16.0. The SMILES string of the molecule is CS(=O)(=O)C1CCCC(C(=O)c2ccc(Br)cc2Cl)C1. The number of carbonyl (C=O) groups excluding carboxylic acids is 1. The molecule has 3 nitrogen and oxygen atoms in total. The van der Waals surface area contributed by atoms with Gasteiger partial charge in [0.05, 0.1) is 10.3 Å². The molecule has 2 unspecified atom stereocenters. The van der Waals surface area contributed by atoms with Crippen LogP contribution in [-0.2, 0) is 9.84 Å². The van der Waals surface area contributed by atoms with E-state index in [-0.39, 0.29) is 11.7 Å². The van der Waals surface area contributed by atoms with Crippen molar-refractivity contribution in [2.24, 2.45) is 5.92 Å². The van der Waals surface area contributed by atoms with E-state index in [0.29, 0.717) is 23.4 Å². The minimum Gasteiger partial charge on any atom is -0.294 e. The first-order valence-corrected chi connectivity index (χ1v) is 9.59. The highest BCUT2D eigenvalue weighted by molar-refractivity contribution is 9.10. The fourth-order valence-corrected chi connectivity index (χ4v) is 4.62. The zero-order chi connectivity index (χ0) is 14.9. The Morgan fingerprint density at radius 3 is 2.65 bits per heavy atom. The molecule has 2 atom stereocenters. The van der Waals surface area contributed by atoms with Gasteiger partial charge in [-0.2, -0.15) is 0 Å². The number of benzene rings is 1. The van der Waals surface area contributed by atoms with Gasteiger partial charge in [0.25, 0.3) is 0 Å². The number of Topliss-reactive ketones (excluding diaryl/α,β-unsaturated/α-hetero) is 1. The van der Waals surface area contributed by atoms with Crippen LogP contribution in [0.5, 0.6) is 0 Å². The van der Waals surface area contributed by atoms with Crippen LogP contribution in [0.2, 0.25) is 5.02 Å². The molecule has 1 aromatic carbocycles. The van der Waals surface area contributed by atoms with Crippen molar-refractivity contribution < 1.29 is 13.2 Å². The van der Waals surface area contributed by atoms with Crippen LogP contribution in [0.25, 0.3) is 0 Å². The van der Waals surface area contributed by atoms with E-state index in [0.717, 1.165) is 17.3 Å². The predicted octanol–water partition coefficient (Wildman–Crippen LogP) is 3.89. The van der Waals surface area contributed by atoms with Gasteiger partial charge in [0, 0.05) is 22.2 Å². The van der Waals surface area contributed by atoms with Crippen LogP contribution in [0.15, 0.2) is 22.7 Å². The zero-order valence-corrected chi connectivity index (χ0v) is 14.3. The maximum Gasteiger partial charge on any atom is 0.167 e.